The van der Waals surface area contributed by atoms with Crippen LogP contribution in [0.4, 0.5) is 0 Å². The maximum absolute atomic E-state index is 11.8. The summed E-state index contributed by atoms with van der Waals surface area (Å²) in [6, 6.07) is 12.0. The highest BCUT2D eigenvalue weighted by atomic mass is 32.2. The lowest BCUT2D eigenvalue weighted by Gasteiger charge is -2.37. The zero-order valence-corrected chi connectivity index (χ0v) is 14.5. The van der Waals surface area contributed by atoms with Crippen LogP contribution in [0, 0.1) is 11.3 Å². The van der Waals surface area contributed by atoms with Crippen LogP contribution in [0.15, 0.2) is 30.3 Å². The zero-order valence-electron chi connectivity index (χ0n) is 13.7. The third-order valence-electron chi connectivity index (χ3n) is 4.24. The van der Waals surface area contributed by atoms with E-state index in [2.05, 4.69) is 15.9 Å². The van der Waals surface area contributed by atoms with Gasteiger partial charge in [-0.3, -0.25) is 9.80 Å². The molecule has 0 spiro atoms. The summed E-state index contributed by atoms with van der Waals surface area (Å²) in [6.45, 7) is 5.70. The standard InChI is InChI=1S/C17H25N3O2S/c1-2-13-23(21,22)14-12-19-8-10-20(11-9-19)17(15-18)16-6-4-3-5-7-16/h3-7,17H,2,8-14H2,1H3/t17-/m0/s1. The van der Waals surface area contributed by atoms with Crippen LogP contribution in [0.5, 0.6) is 0 Å². The number of nitrogens with zero attached hydrogens (tertiary/aromatic N) is 3. The summed E-state index contributed by atoms with van der Waals surface area (Å²) in [5.41, 5.74) is 1.02. The maximum Gasteiger partial charge on any atom is 0.151 e. The SMILES string of the molecule is CCCS(=O)(=O)CCN1CCN([C@@H](C#N)c2ccccc2)CC1. The van der Waals surface area contributed by atoms with Gasteiger partial charge in [-0.05, 0) is 12.0 Å². The molecule has 1 fully saturated rings. The van der Waals surface area contributed by atoms with Crippen molar-refractivity contribution in [2.75, 3.05) is 44.2 Å². The van der Waals surface area contributed by atoms with Gasteiger partial charge in [-0.2, -0.15) is 5.26 Å². The van der Waals surface area contributed by atoms with Crippen molar-refractivity contribution in [2.45, 2.75) is 19.4 Å². The zero-order chi connectivity index (χ0) is 16.7. The number of nitriles is 1. The molecular weight excluding hydrogens is 310 g/mol. The van der Waals surface area contributed by atoms with E-state index in [-0.39, 0.29) is 17.5 Å². The molecule has 2 rings (SSSR count). The molecule has 1 atom stereocenters. The lowest BCUT2D eigenvalue weighted by atomic mass is 10.1. The molecule has 0 radical (unpaired) electrons. The van der Waals surface area contributed by atoms with Crippen molar-refractivity contribution in [1.82, 2.24) is 9.80 Å². The average Bonchev–Trinajstić information content (AvgIpc) is 2.56. The van der Waals surface area contributed by atoms with Gasteiger partial charge in [-0.25, -0.2) is 8.42 Å². The van der Waals surface area contributed by atoms with E-state index in [9.17, 15) is 13.7 Å². The normalized spacial score (nSPS) is 18.4. The fourth-order valence-electron chi connectivity index (χ4n) is 2.93. The molecule has 0 unspecified atom stereocenters. The smallest absolute Gasteiger partial charge is 0.151 e. The minimum atomic E-state index is -2.92. The van der Waals surface area contributed by atoms with Gasteiger partial charge < -0.3 is 0 Å². The molecule has 0 aromatic heterocycles. The molecule has 5 nitrogen and oxygen atoms in total. The van der Waals surface area contributed by atoms with Crippen LogP contribution in [0.25, 0.3) is 0 Å². The van der Waals surface area contributed by atoms with Crippen molar-refractivity contribution in [1.29, 1.82) is 5.26 Å². The second-order valence-corrected chi connectivity index (χ2v) is 8.28. The van der Waals surface area contributed by atoms with Gasteiger partial charge in [0.25, 0.3) is 0 Å². The summed E-state index contributed by atoms with van der Waals surface area (Å²) >= 11 is 0. The molecule has 1 saturated heterocycles. The van der Waals surface area contributed by atoms with Crippen LogP contribution in [0.1, 0.15) is 24.9 Å². The van der Waals surface area contributed by atoms with E-state index in [0.717, 1.165) is 31.7 Å². The predicted octanol–water partition coefficient (Wildman–Crippen LogP) is 1.69. The lowest BCUT2D eigenvalue weighted by Crippen LogP contribution is -2.48. The van der Waals surface area contributed by atoms with Crippen molar-refractivity contribution >= 4 is 9.84 Å². The number of piperazine rings is 1. The van der Waals surface area contributed by atoms with Gasteiger partial charge in [0.05, 0.1) is 11.8 Å². The lowest BCUT2D eigenvalue weighted by molar-refractivity contribution is 0.119. The highest BCUT2D eigenvalue weighted by Crippen LogP contribution is 2.21. The summed E-state index contributed by atoms with van der Waals surface area (Å²) in [6.07, 6.45) is 0.678. The second-order valence-electron chi connectivity index (χ2n) is 5.97. The highest BCUT2D eigenvalue weighted by Gasteiger charge is 2.25. The number of hydrogen-bond acceptors (Lipinski definition) is 5. The Bertz CT molecular complexity index is 617. The fourth-order valence-corrected chi connectivity index (χ4v) is 4.29. The van der Waals surface area contributed by atoms with Crippen LogP contribution < -0.4 is 0 Å². The summed E-state index contributed by atoms with van der Waals surface area (Å²) in [7, 11) is -2.92. The van der Waals surface area contributed by atoms with Crippen molar-refractivity contribution in [2.24, 2.45) is 0 Å². The Morgan fingerprint density at radius 1 is 1.13 bits per heavy atom. The minimum absolute atomic E-state index is 0.220. The summed E-state index contributed by atoms with van der Waals surface area (Å²) < 4.78 is 23.6. The first-order valence-corrected chi connectivity index (χ1v) is 9.99. The van der Waals surface area contributed by atoms with Crippen LogP contribution in [-0.2, 0) is 9.84 Å². The number of benzene rings is 1. The van der Waals surface area contributed by atoms with Gasteiger partial charge in [0.2, 0.25) is 0 Å². The third-order valence-corrected chi connectivity index (χ3v) is 6.08. The largest absolute Gasteiger partial charge is 0.300 e. The first kappa shape index (κ1) is 17.9. The van der Waals surface area contributed by atoms with Gasteiger partial charge in [0.1, 0.15) is 6.04 Å². The fraction of sp³-hybridized carbons (Fsp3) is 0.588. The molecule has 1 aliphatic heterocycles. The maximum atomic E-state index is 11.8. The molecule has 1 aromatic carbocycles. The number of sulfone groups is 1. The van der Waals surface area contributed by atoms with Gasteiger partial charge in [-0.1, -0.05) is 37.3 Å². The van der Waals surface area contributed by atoms with Crippen LogP contribution in [0.3, 0.4) is 0 Å². The molecule has 0 bridgehead atoms. The topological polar surface area (TPSA) is 64.4 Å². The molecular formula is C17H25N3O2S. The van der Waals surface area contributed by atoms with E-state index in [1.165, 1.54) is 0 Å². The molecule has 0 amide bonds. The third kappa shape index (κ3) is 5.31. The Labute approximate surface area is 139 Å². The Morgan fingerprint density at radius 3 is 2.35 bits per heavy atom. The molecule has 0 saturated carbocycles. The van der Waals surface area contributed by atoms with Crippen molar-refractivity contribution < 1.29 is 8.42 Å². The van der Waals surface area contributed by atoms with Crippen LogP contribution in [0.2, 0.25) is 0 Å². The van der Waals surface area contributed by atoms with E-state index in [1.54, 1.807) is 0 Å². The van der Waals surface area contributed by atoms with E-state index in [4.69, 9.17) is 0 Å². The van der Waals surface area contributed by atoms with Crippen molar-refractivity contribution in [3.63, 3.8) is 0 Å². The summed E-state index contributed by atoms with van der Waals surface area (Å²) in [5, 5.41) is 9.48. The first-order valence-electron chi connectivity index (χ1n) is 8.17. The van der Waals surface area contributed by atoms with E-state index in [1.807, 2.05) is 37.3 Å². The molecule has 1 heterocycles. The van der Waals surface area contributed by atoms with Gasteiger partial charge in [0, 0.05) is 38.5 Å². The van der Waals surface area contributed by atoms with Crippen molar-refractivity contribution in [3.8, 4) is 6.07 Å². The molecule has 0 aliphatic carbocycles. The second kappa shape index (κ2) is 8.44. The summed E-state index contributed by atoms with van der Waals surface area (Å²) in [4.78, 5) is 4.36. The molecule has 0 N–H and O–H groups in total. The summed E-state index contributed by atoms with van der Waals surface area (Å²) in [5.74, 6) is 0.513. The van der Waals surface area contributed by atoms with E-state index < -0.39 is 9.84 Å². The van der Waals surface area contributed by atoms with Crippen molar-refractivity contribution in [3.05, 3.63) is 35.9 Å². The molecule has 126 valence electrons. The predicted molar refractivity (Wildman–Crippen MR) is 91.8 cm³/mol. The van der Waals surface area contributed by atoms with Crippen LogP contribution >= 0.6 is 0 Å². The Kier molecular flexibility index (Phi) is 6.58. The van der Waals surface area contributed by atoms with E-state index in [0.29, 0.717) is 13.0 Å². The quantitative estimate of drug-likeness (QED) is 0.759. The first-order chi connectivity index (χ1) is 11.1. The number of rotatable bonds is 7. The highest BCUT2D eigenvalue weighted by molar-refractivity contribution is 7.91. The minimum Gasteiger partial charge on any atom is -0.300 e. The molecule has 23 heavy (non-hydrogen) atoms. The molecule has 1 aromatic rings. The van der Waals surface area contributed by atoms with E-state index >= 15 is 0 Å². The average molecular weight is 335 g/mol. The van der Waals surface area contributed by atoms with Gasteiger partial charge in [0.15, 0.2) is 9.84 Å². The Balaban J connectivity index is 1.85. The Hall–Kier alpha value is -1.42. The number of hydrogen-bond donors (Lipinski definition) is 0. The Morgan fingerprint density at radius 2 is 1.78 bits per heavy atom. The van der Waals surface area contributed by atoms with Gasteiger partial charge in [-0.15, -0.1) is 0 Å². The monoisotopic (exact) mass is 335 g/mol. The molecule has 1 aliphatic rings. The van der Waals surface area contributed by atoms with Gasteiger partial charge >= 0.3 is 0 Å². The molecule has 6 heteroatoms. The van der Waals surface area contributed by atoms with Crippen LogP contribution in [-0.4, -0.2) is 62.4 Å².